The van der Waals surface area contributed by atoms with E-state index in [1.165, 1.54) is 0 Å². The first-order valence-electron chi connectivity index (χ1n) is 7.52. The zero-order valence-corrected chi connectivity index (χ0v) is 20.7. The number of hydrogen-bond acceptors (Lipinski definition) is 7. The lowest BCUT2D eigenvalue weighted by Gasteiger charge is -2.40. The van der Waals surface area contributed by atoms with Crippen LogP contribution in [-0.4, -0.2) is 77.4 Å². The molecule has 0 aliphatic rings. The maximum atomic E-state index is 6.35. The predicted octanol–water partition coefficient (Wildman–Crippen LogP) is 1.32. The summed E-state index contributed by atoms with van der Waals surface area (Å²) >= 11 is 0. The molecule has 0 amide bonds. The van der Waals surface area contributed by atoms with Crippen molar-refractivity contribution in [3.8, 4) is 0 Å². The second-order valence-corrected chi connectivity index (χ2v) is 22.9. The Kier molecular flexibility index (Phi) is 9.57. The Hall–Kier alpha value is 0.588. The minimum Gasteiger partial charge on any atom is -0.457 e. The van der Waals surface area contributed by atoms with Gasteiger partial charge in [-0.1, -0.05) is 13.8 Å². The summed E-state index contributed by atoms with van der Waals surface area (Å²) in [5.41, 5.74) is 0. The lowest BCUT2D eigenvalue weighted by Crippen LogP contribution is -2.66. The van der Waals surface area contributed by atoms with Gasteiger partial charge in [0, 0.05) is 47.7 Å². The molecule has 0 aliphatic heterocycles. The van der Waals surface area contributed by atoms with Crippen LogP contribution in [0.25, 0.3) is 0 Å². The van der Waals surface area contributed by atoms with Gasteiger partial charge in [0.2, 0.25) is 0 Å². The molecule has 0 aromatic heterocycles. The average molecular weight is 403 g/mol. The Morgan fingerprint density at radius 2 is 1.13 bits per heavy atom. The van der Waals surface area contributed by atoms with E-state index in [2.05, 4.69) is 26.9 Å². The molecule has 0 saturated heterocycles. The van der Waals surface area contributed by atoms with Crippen molar-refractivity contribution in [2.24, 2.45) is 0 Å². The van der Waals surface area contributed by atoms with Crippen LogP contribution in [0.2, 0.25) is 24.2 Å². The van der Waals surface area contributed by atoms with Crippen LogP contribution in [0.5, 0.6) is 0 Å². The molecule has 0 rings (SSSR count). The lowest BCUT2D eigenvalue weighted by molar-refractivity contribution is 0.0985. The van der Waals surface area contributed by atoms with Crippen LogP contribution < -0.4 is 0 Å². The van der Waals surface area contributed by atoms with Gasteiger partial charge in [-0.25, -0.2) is 0 Å². The van der Waals surface area contributed by atoms with E-state index in [0.717, 1.165) is 6.04 Å². The van der Waals surface area contributed by atoms with Crippen LogP contribution in [0, 0.1) is 0 Å². The Balaban J connectivity index is 4.99. The van der Waals surface area contributed by atoms with E-state index in [0.29, 0.717) is 0 Å². The van der Waals surface area contributed by atoms with E-state index in [1.54, 1.807) is 42.7 Å². The summed E-state index contributed by atoms with van der Waals surface area (Å²) in [7, 11) is 1.22. The first-order valence-corrected chi connectivity index (χ1v) is 16.5. The molecule has 0 aliphatic carbocycles. The normalized spacial score (nSPS) is 14.9. The molecule has 23 heavy (non-hydrogen) atoms. The minimum atomic E-state index is -2.74. The summed E-state index contributed by atoms with van der Waals surface area (Å²) in [6.45, 7) is 8.38. The van der Waals surface area contributed by atoms with Crippen LogP contribution in [0.3, 0.4) is 0 Å². The van der Waals surface area contributed by atoms with Crippen molar-refractivity contribution in [3.63, 3.8) is 0 Å². The summed E-state index contributed by atoms with van der Waals surface area (Å²) in [6.07, 6.45) is 0. The fourth-order valence-electron chi connectivity index (χ4n) is 2.87. The van der Waals surface area contributed by atoms with E-state index in [9.17, 15) is 0 Å². The third-order valence-electron chi connectivity index (χ3n) is 4.37. The average Bonchev–Trinajstić information content (AvgIpc) is 2.50. The molecule has 0 spiro atoms. The quantitative estimate of drug-likeness (QED) is 0.456. The van der Waals surface area contributed by atoms with Gasteiger partial charge in [0.15, 0.2) is 0 Å². The molecule has 0 fully saturated rings. The largest absolute Gasteiger partial charge is 0.505 e. The molecule has 0 saturated carbocycles. The molecule has 0 aromatic carbocycles. The van der Waals surface area contributed by atoms with Crippen LogP contribution in [-0.2, 0) is 30.7 Å². The number of rotatable bonds is 12. The van der Waals surface area contributed by atoms with Crippen LogP contribution in [0.15, 0.2) is 0 Å². The van der Waals surface area contributed by atoms with Crippen LogP contribution in [0.1, 0.15) is 13.8 Å². The molecule has 7 nitrogen and oxygen atoms in total. The third kappa shape index (κ3) is 4.82. The van der Waals surface area contributed by atoms with Crippen molar-refractivity contribution in [3.05, 3.63) is 0 Å². The van der Waals surface area contributed by atoms with Gasteiger partial charge in [0.25, 0.3) is 7.83 Å². The van der Waals surface area contributed by atoms with E-state index in [4.69, 9.17) is 30.7 Å². The minimum absolute atomic E-state index is 0.223. The molecule has 0 aromatic rings. The lowest BCUT2D eigenvalue weighted by atomic mass is 10.2. The van der Waals surface area contributed by atoms with Gasteiger partial charge in [0.1, 0.15) is 9.76 Å². The van der Waals surface area contributed by atoms with E-state index >= 15 is 0 Å². The molecule has 0 bridgehead atoms. The predicted molar refractivity (Wildman–Crippen MR) is 99.5 cm³/mol. The van der Waals surface area contributed by atoms with Crippen molar-refractivity contribution < 1.29 is 30.7 Å². The van der Waals surface area contributed by atoms with Crippen LogP contribution in [0.4, 0.5) is 0 Å². The summed E-state index contributed by atoms with van der Waals surface area (Å²) in [5.74, 6) is 0. The molecule has 0 heterocycles. The summed E-state index contributed by atoms with van der Waals surface area (Å²) in [5, 5.41) is -0.223. The Bertz CT molecular complexity index is 298. The first kappa shape index (κ1) is 23.6. The van der Waals surface area contributed by atoms with Crippen molar-refractivity contribution in [1.82, 2.24) is 0 Å². The van der Waals surface area contributed by atoms with Gasteiger partial charge >= 0.3 is 17.1 Å². The second kappa shape index (κ2) is 9.33. The highest BCUT2D eigenvalue weighted by Crippen LogP contribution is 2.42. The highest BCUT2D eigenvalue weighted by atomic mass is 29.3. The van der Waals surface area contributed by atoms with Crippen molar-refractivity contribution in [1.29, 1.82) is 0 Å². The SMILES string of the molecule is CO[Si](OC)(OC)C(C)(C)C[SiH2]O[Si](C)(C)[Si](OC)(OC)OC. The molecule has 140 valence electrons. The molecule has 0 N–H and O–H groups in total. The number of hydrogen-bond donors (Lipinski definition) is 0. The second-order valence-electron chi connectivity index (χ2n) is 6.33. The van der Waals surface area contributed by atoms with E-state index < -0.39 is 34.7 Å². The summed E-state index contributed by atoms with van der Waals surface area (Å²) in [6, 6.07) is 0.868. The molecule has 0 unspecified atom stereocenters. The monoisotopic (exact) mass is 402 g/mol. The molecule has 0 radical (unpaired) electrons. The van der Waals surface area contributed by atoms with E-state index in [1.807, 2.05) is 0 Å². The van der Waals surface area contributed by atoms with Crippen molar-refractivity contribution in [2.45, 2.75) is 38.0 Å². The maximum Gasteiger partial charge on any atom is 0.505 e. The zero-order valence-electron chi connectivity index (χ0n) is 16.3. The maximum absolute atomic E-state index is 6.35. The fourth-order valence-corrected chi connectivity index (χ4v) is 19.1. The van der Waals surface area contributed by atoms with Gasteiger partial charge in [0.05, 0.1) is 0 Å². The molecular formula is C12H34O7Si4. The van der Waals surface area contributed by atoms with Gasteiger partial charge in [-0.3, -0.25) is 0 Å². The Labute approximate surface area is 146 Å². The zero-order chi connectivity index (χ0) is 18.4. The molecular weight excluding hydrogens is 368 g/mol. The first-order chi connectivity index (χ1) is 10.6. The van der Waals surface area contributed by atoms with E-state index in [-0.39, 0.29) is 5.04 Å². The summed E-state index contributed by atoms with van der Waals surface area (Å²) < 4.78 is 40.0. The standard InChI is InChI=1S/C12H34O7Si4/c1-12(2,22(13-3,14-4)15-5)11-20-19-21(9,10)23(16-6,17-7)18-8/h11,20H2,1-10H3. The Morgan fingerprint density at radius 3 is 1.43 bits per heavy atom. The van der Waals surface area contributed by atoms with Gasteiger partial charge in [-0.2, -0.15) is 0 Å². The fraction of sp³-hybridized carbons (Fsp3) is 1.00. The topological polar surface area (TPSA) is 64.6 Å². The molecule has 11 heteroatoms. The third-order valence-corrected chi connectivity index (χ3v) is 24.2. The molecule has 0 atom stereocenters. The van der Waals surface area contributed by atoms with Gasteiger partial charge in [-0.15, -0.1) is 0 Å². The highest BCUT2D eigenvalue weighted by Gasteiger charge is 2.58. The highest BCUT2D eigenvalue weighted by molar-refractivity contribution is 7.32. The van der Waals surface area contributed by atoms with Crippen molar-refractivity contribution >= 4 is 34.7 Å². The van der Waals surface area contributed by atoms with Gasteiger partial charge < -0.3 is 30.7 Å². The Morgan fingerprint density at radius 1 is 0.739 bits per heavy atom. The van der Waals surface area contributed by atoms with Gasteiger partial charge in [-0.05, 0) is 19.1 Å². The van der Waals surface area contributed by atoms with Crippen LogP contribution >= 0.6 is 0 Å². The smallest absolute Gasteiger partial charge is 0.457 e. The summed E-state index contributed by atoms with van der Waals surface area (Å²) in [4.78, 5) is 0. The van der Waals surface area contributed by atoms with Crippen molar-refractivity contribution in [2.75, 3.05) is 42.7 Å².